The van der Waals surface area contributed by atoms with Gasteiger partial charge in [0.2, 0.25) is 6.10 Å². The van der Waals surface area contributed by atoms with Gasteiger partial charge in [-0.15, -0.1) is 11.3 Å². The average molecular weight is 446 g/mol. The van der Waals surface area contributed by atoms with Crippen molar-refractivity contribution in [1.82, 2.24) is 0 Å². The van der Waals surface area contributed by atoms with Crippen LogP contribution in [0, 0.1) is 6.92 Å². The van der Waals surface area contributed by atoms with Crippen molar-refractivity contribution in [2.24, 2.45) is 5.73 Å². The Hall–Kier alpha value is -1.71. The first-order chi connectivity index (χ1) is 11.6. The largest absolute Gasteiger partial charge is 0.443 e. The number of nitrogens with two attached hydrogens (primary N) is 1. The third-order valence-corrected chi connectivity index (χ3v) is 5.68. The number of hydrogen-bond donors (Lipinski definition) is 1. The van der Waals surface area contributed by atoms with Crippen molar-refractivity contribution in [3.63, 3.8) is 0 Å². The summed E-state index contributed by atoms with van der Waals surface area (Å²) in [6, 6.07) is 8.20. The summed E-state index contributed by atoms with van der Waals surface area (Å²) < 4.78 is 28.9. The summed E-state index contributed by atoms with van der Waals surface area (Å²) in [5.74, 6) is -1.68. The quantitative estimate of drug-likeness (QED) is 0.688. The molecular formula is C16H16BrNO5S2. The molecule has 9 heteroatoms. The van der Waals surface area contributed by atoms with Gasteiger partial charge in [0.05, 0.1) is 5.75 Å². The molecule has 2 aromatic rings. The van der Waals surface area contributed by atoms with E-state index in [0.717, 1.165) is 22.1 Å². The Morgan fingerprint density at radius 3 is 2.56 bits per heavy atom. The number of hydrogen-bond acceptors (Lipinski definition) is 6. The smallest absolute Gasteiger partial charge is 0.349 e. The summed E-state index contributed by atoms with van der Waals surface area (Å²) in [7, 11) is -3.22. The zero-order valence-corrected chi connectivity index (χ0v) is 16.7. The molecule has 2 N–H and O–H groups in total. The van der Waals surface area contributed by atoms with Gasteiger partial charge in [0, 0.05) is 21.2 Å². The van der Waals surface area contributed by atoms with Crippen molar-refractivity contribution >= 4 is 49.0 Å². The van der Waals surface area contributed by atoms with Crippen LogP contribution in [0.3, 0.4) is 0 Å². The van der Waals surface area contributed by atoms with Crippen LogP contribution in [0.1, 0.15) is 31.8 Å². The molecule has 1 heterocycles. The van der Waals surface area contributed by atoms with Gasteiger partial charge in [-0.3, -0.25) is 4.79 Å². The van der Waals surface area contributed by atoms with E-state index in [1.165, 1.54) is 6.07 Å². The first-order valence-corrected chi connectivity index (χ1v) is 10.8. The fourth-order valence-corrected chi connectivity index (χ4v) is 4.47. The number of carbonyl (C=O) groups excluding carboxylic acids is 2. The lowest BCUT2D eigenvalue weighted by atomic mass is 10.1. The van der Waals surface area contributed by atoms with Crippen LogP contribution in [0.2, 0.25) is 0 Å². The van der Waals surface area contributed by atoms with Gasteiger partial charge in [0.1, 0.15) is 4.88 Å². The van der Waals surface area contributed by atoms with Crippen LogP contribution in [0.4, 0.5) is 0 Å². The number of carbonyl (C=O) groups is 2. The van der Waals surface area contributed by atoms with Crippen molar-refractivity contribution in [3.8, 4) is 0 Å². The highest BCUT2D eigenvalue weighted by Crippen LogP contribution is 2.27. The Bertz CT molecular complexity index is 920. The highest BCUT2D eigenvalue weighted by atomic mass is 79.9. The van der Waals surface area contributed by atoms with Crippen LogP contribution in [-0.4, -0.2) is 26.6 Å². The molecule has 0 saturated heterocycles. The Morgan fingerprint density at radius 2 is 2.00 bits per heavy atom. The molecule has 0 aliphatic rings. The highest BCUT2D eigenvalue weighted by Gasteiger charge is 2.25. The highest BCUT2D eigenvalue weighted by molar-refractivity contribution is 9.10. The second-order valence-electron chi connectivity index (χ2n) is 5.50. The van der Waals surface area contributed by atoms with Crippen LogP contribution in [0.5, 0.6) is 0 Å². The summed E-state index contributed by atoms with van der Waals surface area (Å²) >= 11 is 4.40. The maximum atomic E-state index is 12.4. The number of primary amides is 1. The molecule has 1 amide bonds. The van der Waals surface area contributed by atoms with Crippen molar-refractivity contribution in [2.45, 2.75) is 18.8 Å². The number of rotatable bonds is 6. The van der Waals surface area contributed by atoms with Gasteiger partial charge in [-0.2, -0.15) is 0 Å². The van der Waals surface area contributed by atoms with E-state index < -0.39 is 27.8 Å². The summed E-state index contributed by atoms with van der Waals surface area (Å²) in [5.41, 5.74) is 6.34. The minimum atomic E-state index is -3.22. The van der Waals surface area contributed by atoms with Gasteiger partial charge in [-0.25, -0.2) is 13.2 Å². The number of sulfone groups is 1. The van der Waals surface area contributed by atoms with Gasteiger partial charge in [0.15, 0.2) is 9.84 Å². The normalized spacial score (nSPS) is 12.6. The minimum Gasteiger partial charge on any atom is -0.443 e. The van der Waals surface area contributed by atoms with Crippen LogP contribution >= 0.6 is 27.3 Å². The van der Waals surface area contributed by atoms with Gasteiger partial charge in [-0.05, 0) is 30.7 Å². The van der Waals surface area contributed by atoms with Crippen LogP contribution < -0.4 is 5.73 Å². The van der Waals surface area contributed by atoms with E-state index in [1.807, 2.05) is 0 Å². The maximum absolute atomic E-state index is 12.4. The third kappa shape index (κ3) is 5.38. The van der Waals surface area contributed by atoms with E-state index in [2.05, 4.69) is 15.9 Å². The van der Waals surface area contributed by atoms with Crippen LogP contribution in [0.15, 0.2) is 34.8 Å². The number of esters is 1. The number of halogens is 1. The minimum absolute atomic E-state index is 0.159. The molecule has 0 fully saturated rings. The molecule has 0 aliphatic carbocycles. The first-order valence-electron chi connectivity index (χ1n) is 7.09. The van der Waals surface area contributed by atoms with E-state index in [9.17, 15) is 18.0 Å². The molecule has 0 saturated carbocycles. The Morgan fingerprint density at radius 1 is 1.32 bits per heavy atom. The molecule has 0 bridgehead atoms. The van der Waals surface area contributed by atoms with Crippen LogP contribution in [0.25, 0.3) is 0 Å². The number of ether oxygens (including phenoxy) is 1. The van der Waals surface area contributed by atoms with Crippen molar-refractivity contribution in [1.29, 1.82) is 0 Å². The summed E-state index contributed by atoms with van der Waals surface area (Å²) in [5, 5.41) is 0. The van der Waals surface area contributed by atoms with E-state index in [-0.39, 0.29) is 10.6 Å². The van der Waals surface area contributed by atoms with Crippen molar-refractivity contribution in [2.75, 3.05) is 6.26 Å². The number of thiophene rings is 1. The zero-order chi connectivity index (χ0) is 18.8. The maximum Gasteiger partial charge on any atom is 0.349 e. The van der Waals surface area contributed by atoms with E-state index in [0.29, 0.717) is 16.0 Å². The lowest BCUT2D eigenvalue weighted by Gasteiger charge is -2.14. The molecule has 134 valence electrons. The lowest BCUT2D eigenvalue weighted by molar-refractivity contribution is -0.127. The summed E-state index contributed by atoms with van der Waals surface area (Å²) in [4.78, 5) is 25.0. The molecule has 2 rings (SSSR count). The predicted octanol–water partition coefficient (Wildman–Crippen LogP) is 2.75. The average Bonchev–Trinajstić information content (AvgIpc) is 2.83. The Kier molecular flexibility index (Phi) is 6.02. The van der Waals surface area contributed by atoms with Gasteiger partial charge >= 0.3 is 5.97 Å². The fraction of sp³-hybridized carbons (Fsp3) is 0.250. The number of aryl methyl sites for hydroxylation is 1. The molecule has 0 spiro atoms. The fourth-order valence-electron chi connectivity index (χ4n) is 2.17. The SMILES string of the molecule is Cc1sc(C(=O)OC(C(N)=O)c2cccc(Br)c2)cc1CS(C)(=O)=O. The second kappa shape index (κ2) is 7.67. The molecule has 0 radical (unpaired) electrons. The Labute approximate surface area is 158 Å². The molecule has 1 unspecified atom stereocenters. The third-order valence-electron chi connectivity index (χ3n) is 3.27. The van der Waals surface area contributed by atoms with E-state index in [4.69, 9.17) is 10.5 Å². The topological polar surface area (TPSA) is 104 Å². The van der Waals surface area contributed by atoms with Gasteiger partial charge in [-0.1, -0.05) is 28.1 Å². The lowest BCUT2D eigenvalue weighted by Crippen LogP contribution is -2.26. The van der Waals surface area contributed by atoms with E-state index >= 15 is 0 Å². The molecule has 0 aliphatic heterocycles. The van der Waals surface area contributed by atoms with Gasteiger partial charge < -0.3 is 10.5 Å². The predicted molar refractivity (Wildman–Crippen MR) is 99.1 cm³/mol. The first kappa shape index (κ1) is 19.6. The molecule has 1 atom stereocenters. The molecular weight excluding hydrogens is 430 g/mol. The molecule has 25 heavy (non-hydrogen) atoms. The standard InChI is InChI=1S/C16H16BrNO5S2/c1-9-11(8-25(2,21)22)7-13(24-9)16(20)23-14(15(18)19)10-4-3-5-12(17)6-10/h3-7,14H,8H2,1-2H3,(H2,18,19). The summed E-state index contributed by atoms with van der Waals surface area (Å²) in [6.45, 7) is 1.72. The number of amides is 1. The monoisotopic (exact) mass is 445 g/mol. The number of benzene rings is 1. The van der Waals surface area contributed by atoms with Crippen LogP contribution in [-0.2, 0) is 25.1 Å². The van der Waals surface area contributed by atoms with Crippen molar-refractivity contribution in [3.05, 3.63) is 55.7 Å². The zero-order valence-electron chi connectivity index (χ0n) is 13.5. The van der Waals surface area contributed by atoms with Crippen molar-refractivity contribution < 1.29 is 22.7 Å². The second-order valence-corrected chi connectivity index (χ2v) is 9.82. The molecule has 1 aromatic heterocycles. The molecule has 1 aromatic carbocycles. The van der Waals surface area contributed by atoms with Gasteiger partial charge in [0.25, 0.3) is 5.91 Å². The molecule has 6 nitrogen and oxygen atoms in total. The summed E-state index contributed by atoms with van der Waals surface area (Å²) in [6.07, 6.45) is -0.107. The Balaban J connectivity index is 2.25. The van der Waals surface area contributed by atoms with E-state index in [1.54, 1.807) is 31.2 Å².